The van der Waals surface area contributed by atoms with Crippen LogP contribution in [0.25, 0.3) is 0 Å². The van der Waals surface area contributed by atoms with Crippen molar-refractivity contribution < 1.29 is 4.21 Å². The van der Waals surface area contributed by atoms with Gasteiger partial charge in [-0.25, -0.2) is 0 Å². The fourth-order valence-electron chi connectivity index (χ4n) is 1.02. The van der Waals surface area contributed by atoms with Crippen LogP contribution in [0.15, 0.2) is 17.5 Å². The van der Waals surface area contributed by atoms with Crippen LogP contribution in [0.1, 0.15) is 18.7 Å². The largest absolute Gasteiger partial charge is 0.325 e. The molecule has 0 radical (unpaired) electrons. The fourth-order valence-corrected chi connectivity index (χ4v) is 3.52. The summed E-state index contributed by atoms with van der Waals surface area (Å²) >= 11 is 1.64. The molecule has 2 N–H and O–H groups in total. The van der Waals surface area contributed by atoms with Crippen LogP contribution >= 0.6 is 11.3 Å². The highest BCUT2D eigenvalue weighted by atomic mass is 32.2. The second-order valence-electron chi connectivity index (χ2n) is 3.80. The first-order valence-corrected chi connectivity index (χ1v) is 6.50. The maximum absolute atomic E-state index is 11.6. The minimum atomic E-state index is -0.833. The van der Waals surface area contributed by atoms with Crippen molar-refractivity contribution in [2.24, 2.45) is 5.73 Å². The SMILES string of the molecule is CC(C)(N)CS(=O)Cc1cccs1. The van der Waals surface area contributed by atoms with Crippen molar-refractivity contribution in [2.45, 2.75) is 25.1 Å². The number of hydrogen-bond acceptors (Lipinski definition) is 3. The van der Waals surface area contributed by atoms with Gasteiger partial charge in [-0.3, -0.25) is 4.21 Å². The molecule has 0 spiro atoms. The van der Waals surface area contributed by atoms with Gasteiger partial charge < -0.3 is 5.73 Å². The van der Waals surface area contributed by atoms with Gasteiger partial charge in [0.05, 0.1) is 5.75 Å². The first-order chi connectivity index (χ1) is 5.97. The van der Waals surface area contributed by atoms with Crippen molar-refractivity contribution in [3.63, 3.8) is 0 Å². The summed E-state index contributed by atoms with van der Waals surface area (Å²) in [5, 5.41) is 2.00. The molecule has 0 aromatic carbocycles. The quantitative estimate of drug-likeness (QED) is 0.834. The van der Waals surface area contributed by atoms with Gasteiger partial charge in [0.25, 0.3) is 0 Å². The summed E-state index contributed by atoms with van der Waals surface area (Å²) < 4.78 is 11.6. The summed E-state index contributed by atoms with van der Waals surface area (Å²) in [6.07, 6.45) is 0. The van der Waals surface area contributed by atoms with Gasteiger partial charge >= 0.3 is 0 Å². The number of rotatable bonds is 4. The van der Waals surface area contributed by atoms with E-state index in [1.54, 1.807) is 11.3 Å². The van der Waals surface area contributed by atoms with E-state index in [0.29, 0.717) is 11.5 Å². The molecular formula is C9H15NOS2. The average Bonchev–Trinajstić information content (AvgIpc) is 2.34. The van der Waals surface area contributed by atoms with Gasteiger partial charge in [0, 0.05) is 27.0 Å². The Balaban J connectivity index is 2.43. The summed E-state index contributed by atoms with van der Waals surface area (Å²) in [4.78, 5) is 1.17. The molecule has 1 atom stereocenters. The molecule has 1 aromatic rings. The normalized spacial score (nSPS) is 14.4. The van der Waals surface area contributed by atoms with Crippen LogP contribution in [0.3, 0.4) is 0 Å². The number of thiophene rings is 1. The molecule has 2 nitrogen and oxygen atoms in total. The minimum Gasteiger partial charge on any atom is -0.325 e. The van der Waals surface area contributed by atoms with E-state index >= 15 is 0 Å². The van der Waals surface area contributed by atoms with Gasteiger partial charge in [-0.05, 0) is 25.3 Å². The Morgan fingerprint density at radius 1 is 1.62 bits per heavy atom. The summed E-state index contributed by atoms with van der Waals surface area (Å²) in [5.74, 6) is 1.20. The van der Waals surface area contributed by atoms with E-state index in [0.717, 1.165) is 0 Å². The van der Waals surface area contributed by atoms with Gasteiger partial charge in [0.1, 0.15) is 0 Å². The van der Waals surface area contributed by atoms with E-state index in [1.165, 1.54) is 4.88 Å². The second-order valence-corrected chi connectivity index (χ2v) is 6.29. The Morgan fingerprint density at radius 3 is 2.77 bits per heavy atom. The lowest BCUT2D eigenvalue weighted by molar-refractivity contribution is 0.577. The zero-order valence-corrected chi connectivity index (χ0v) is 9.58. The second kappa shape index (κ2) is 4.35. The van der Waals surface area contributed by atoms with Gasteiger partial charge in [-0.15, -0.1) is 11.3 Å². The van der Waals surface area contributed by atoms with E-state index in [1.807, 2.05) is 31.4 Å². The van der Waals surface area contributed by atoms with Gasteiger partial charge in [0.15, 0.2) is 0 Å². The maximum Gasteiger partial charge on any atom is 0.0580 e. The molecule has 1 rings (SSSR count). The van der Waals surface area contributed by atoms with Crippen LogP contribution in [0.2, 0.25) is 0 Å². The molecule has 0 amide bonds. The average molecular weight is 217 g/mol. The molecular weight excluding hydrogens is 202 g/mol. The first kappa shape index (κ1) is 10.9. The van der Waals surface area contributed by atoms with Crippen LogP contribution in [0.5, 0.6) is 0 Å². The highest BCUT2D eigenvalue weighted by molar-refractivity contribution is 7.84. The smallest absolute Gasteiger partial charge is 0.0580 e. The summed E-state index contributed by atoms with van der Waals surface area (Å²) in [6.45, 7) is 3.80. The van der Waals surface area contributed by atoms with E-state index in [4.69, 9.17) is 5.73 Å². The predicted octanol–water partition coefficient (Wildman–Crippen LogP) is 1.73. The molecule has 0 bridgehead atoms. The van der Waals surface area contributed by atoms with Gasteiger partial charge in [-0.2, -0.15) is 0 Å². The van der Waals surface area contributed by atoms with Crippen LogP contribution in [0.4, 0.5) is 0 Å². The minimum absolute atomic E-state index is 0.331. The molecule has 1 unspecified atom stereocenters. The highest BCUT2D eigenvalue weighted by Gasteiger charge is 2.15. The molecule has 0 saturated carbocycles. The molecule has 1 aromatic heterocycles. The van der Waals surface area contributed by atoms with Crippen molar-refractivity contribution in [2.75, 3.05) is 5.75 Å². The van der Waals surface area contributed by atoms with E-state index in [2.05, 4.69) is 0 Å². The number of hydrogen-bond donors (Lipinski definition) is 1. The van der Waals surface area contributed by atoms with Gasteiger partial charge in [0.2, 0.25) is 0 Å². The van der Waals surface area contributed by atoms with Gasteiger partial charge in [-0.1, -0.05) is 6.07 Å². The molecule has 1 heterocycles. The summed E-state index contributed by atoms with van der Waals surface area (Å²) in [5.41, 5.74) is 5.44. The van der Waals surface area contributed by atoms with E-state index in [-0.39, 0.29) is 5.54 Å². The third-order valence-corrected chi connectivity index (χ3v) is 4.17. The van der Waals surface area contributed by atoms with Crippen LogP contribution in [-0.4, -0.2) is 15.5 Å². The van der Waals surface area contributed by atoms with E-state index in [9.17, 15) is 4.21 Å². The third kappa shape index (κ3) is 4.55. The van der Waals surface area contributed by atoms with Crippen LogP contribution in [0, 0.1) is 0 Å². The van der Waals surface area contributed by atoms with Crippen molar-refractivity contribution in [3.05, 3.63) is 22.4 Å². The predicted molar refractivity (Wildman–Crippen MR) is 59.3 cm³/mol. The molecule has 0 saturated heterocycles. The zero-order valence-electron chi connectivity index (χ0n) is 7.95. The molecule has 4 heteroatoms. The molecule has 74 valence electrons. The molecule has 13 heavy (non-hydrogen) atoms. The fraction of sp³-hybridized carbons (Fsp3) is 0.556. The molecule has 0 fully saturated rings. The topological polar surface area (TPSA) is 43.1 Å². The Morgan fingerprint density at radius 2 is 2.31 bits per heavy atom. The Kier molecular flexibility index (Phi) is 3.64. The Labute approximate surface area is 85.6 Å². The maximum atomic E-state index is 11.6. The lowest BCUT2D eigenvalue weighted by Gasteiger charge is -2.16. The monoisotopic (exact) mass is 217 g/mol. The van der Waals surface area contributed by atoms with Crippen LogP contribution < -0.4 is 5.73 Å². The lowest BCUT2D eigenvalue weighted by atomic mass is 10.1. The molecule has 0 aliphatic heterocycles. The Hall–Kier alpha value is -0.190. The van der Waals surface area contributed by atoms with Crippen molar-refractivity contribution in [1.82, 2.24) is 0 Å². The number of nitrogens with two attached hydrogens (primary N) is 1. The van der Waals surface area contributed by atoms with Crippen molar-refractivity contribution in [3.8, 4) is 0 Å². The summed E-state index contributed by atoms with van der Waals surface area (Å²) in [7, 11) is -0.833. The van der Waals surface area contributed by atoms with Crippen molar-refractivity contribution >= 4 is 22.1 Å². The molecule has 0 aliphatic rings. The highest BCUT2D eigenvalue weighted by Crippen LogP contribution is 2.12. The third-order valence-electron chi connectivity index (χ3n) is 1.42. The van der Waals surface area contributed by atoms with E-state index < -0.39 is 10.8 Å². The zero-order chi connectivity index (χ0) is 9.90. The summed E-state index contributed by atoms with van der Waals surface area (Å²) in [6, 6.07) is 3.98. The molecule has 0 aliphatic carbocycles. The Bertz CT molecular complexity index is 274. The first-order valence-electron chi connectivity index (χ1n) is 4.13. The lowest BCUT2D eigenvalue weighted by Crippen LogP contribution is -2.38. The van der Waals surface area contributed by atoms with Crippen LogP contribution in [-0.2, 0) is 16.6 Å². The van der Waals surface area contributed by atoms with Crippen molar-refractivity contribution in [1.29, 1.82) is 0 Å². The standard InChI is InChI=1S/C9H15NOS2/c1-9(2,10)7-13(11)6-8-4-3-5-12-8/h3-5H,6-7,10H2,1-2H3.